The summed E-state index contributed by atoms with van der Waals surface area (Å²) < 4.78 is 5.71. The fourth-order valence-electron chi connectivity index (χ4n) is 2.83. The third kappa shape index (κ3) is 4.92. The number of amides is 1. The second-order valence-corrected chi connectivity index (χ2v) is 8.13. The Balaban J connectivity index is 1.52. The van der Waals surface area contributed by atoms with E-state index < -0.39 is 0 Å². The number of carbonyl (C=O) groups is 1. The Kier molecular flexibility index (Phi) is 6.43. The Hall–Kier alpha value is -1.73. The van der Waals surface area contributed by atoms with Crippen LogP contribution in [0.2, 0.25) is 5.02 Å². The SMILES string of the molecule is Cc1cc(OCc2nc(S[C@H](C)C(=O)N3CCCCC3)n[nH]2)ccc1Cl. The Morgan fingerprint density at radius 2 is 2.15 bits per heavy atom. The molecule has 140 valence electrons. The largest absolute Gasteiger partial charge is 0.486 e. The highest BCUT2D eigenvalue weighted by molar-refractivity contribution is 8.00. The van der Waals surface area contributed by atoms with Crippen molar-refractivity contribution in [3.8, 4) is 5.75 Å². The quantitative estimate of drug-likeness (QED) is 0.753. The first-order chi connectivity index (χ1) is 12.5. The van der Waals surface area contributed by atoms with E-state index in [0.29, 0.717) is 16.0 Å². The number of aromatic amines is 1. The molecule has 1 aromatic heterocycles. The van der Waals surface area contributed by atoms with Gasteiger partial charge in [-0.3, -0.25) is 9.89 Å². The van der Waals surface area contributed by atoms with Gasteiger partial charge in [0.15, 0.2) is 5.82 Å². The number of nitrogens with one attached hydrogen (secondary N) is 1. The Labute approximate surface area is 162 Å². The van der Waals surface area contributed by atoms with Crippen molar-refractivity contribution in [1.82, 2.24) is 20.1 Å². The van der Waals surface area contributed by atoms with Gasteiger partial charge >= 0.3 is 0 Å². The van der Waals surface area contributed by atoms with E-state index in [4.69, 9.17) is 16.3 Å². The lowest BCUT2D eigenvalue weighted by atomic mass is 10.1. The molecule has 1 N–H and O–H groups in total. The normalized spacial score (nSPS) is 15.7. The molecule has 3 rings (SSSR count). The van der Waals surface area contributed by atoms with E-state index in [1.807, 2.05) is 36.9 Å². The van der Waals surface area contributed by atoms with E-state index in [1.165, 1.54) is 18.2 Å². The zero-order valence-electron chi connectivity index (χ0n) is 15.0. The average molecular weight is 395 g/mol. The van der Waals surface area contributed by atoms with Gasteiger partial charge in [0.1, 0.15) is 12.4 Å². The minimum atomic E-state index is -0.198. The molecule has 0 aliphatic carbocycles. The molecule has 1 amide bonds. The topological polar surface area (TPSA) is 71.1 Å². The van der Waals surface area contributed by atoms with Crippen LogP contribution >= 0.6 is 23.4 Å². The van der Waals surface area contributed by atoms with Crippen molar-refractivity contribution < 1.29 is 9.53 Å². The lowest BCUT2D eigenvalue weighted by Crippen LogP contribution is -2.40. The van der Waals surface area contributed by atoms with E-state index >= 15 is 0 Å². The summed E-state index contributed by atoms with van der Waals surface area (Å²) in [6, 6.07) is 5.51. The Morgan fingerprint density at radius 3 is 2.88 bits per heavy atom. The number of ether oxygens (including phenoxy) is 1. The highest BCUT2D eigenvalue weighted by Gasteiger charge is 2.24. The molecule has 0 unspecified atom stereocenters. The van der Waals surface area contributed by atoms with Crippen LogP contribution in [0, 0.1) is 6.92 Å². The second kappa shape index (κ2) is 8.77. The molecular formula is C18H23ClN4O2S. The fourth-order valence-corrected chi connectivity index (χ4v) is 3.78. The van der Waals surface area contributed by atoms with Crippen LogP contribution in [0.3, 0.4) is 0 Å². The van der Waals surface area contributed by atoms with Gasteiger partial charge < -0.3 is 9.64 Å². The molecule has 26 heavy (non-hydrogen) atoms. The molecule has 6 nitrogen and oxygen atoms in total. The number of aryl methyl sites for hydroxylation is 1. The number of halogens is 1. The maximum Gasteiger partial charge on any atom is 0.235 e. The lowest BCUT2D eigenvalue weighted by molar-refractivity contribution is -0.131. The van der Waals surface area contributed by atoms with Crippen molar-refractivity contribution in [3.63, 3.8) is 0 Å². The molecular weight excluding hydrogens is 372 g/mol. The van der Waals surface area contributed by atoms with Gasteiger partial charge in [-0.2, -0.15) is 0 Å². The van der Waals surface area contributed by atoms with Crippen molar-refractivity contribution in [2.45, 2.75) is 50.1 Å². The highest BCUT2D eigenvalue weighted by Crippen LogP contribution is 2.24. The number of piperidine rings is 1. The summed E-state index contributed by atoms with van der Waals surface area (Å²) in [5, 5.41) is 8.13. The minimum Gasteiger partial charge on any atom is -0.486 e. The monoisotopic (exact) mass is 394 g/mol. The molecule has 8 heteroatoms. The van der Waals surface area contributed by atoms with Gasteiger partial charge in [0.25, 0.3) is 0 Å². The third-order valence-electron chi connectivity index (χ3n) is 4.31. The molecule has 0 spiro atoms. The van der Waals surface area contributed by atoms with Crippen molar-refractivity contribution in [2.75, 3.05) is 13.1 Å². The molecule has 1 fully saturated rings. The van der Waals surface area contributed by atoms with Crippen molar-refractivity contribution in [1.29, 1.82) is 0 Å². The van der Waals surface area contributed by atoms with Crippen LogP contribution in [0.4, 0.5) is 0 Å². The summed E-state index contributed by atoms with van der Waals surface area (Å²) in [5.74, 6) is 1.51. The molecule has 1 saturated heterocycles. The summed E-state index contributed by atoms with van der Waals surface area (Å²) in [5.41, 5.74) is 0.961. The van der Waals surface area contributed by atoms with Crippen molar-refractivity contribution in [2.24, 2.45) is 0 Å². The predicted molar refractivity (Wildman–Crippen MR) is 103 cm³/mol. The van der Waals surface area contributed by atoms with Crippen LogP contribution in [0.5, 0.6) is 5.75 Å². The highest BCUT2D eigenvalue weighted by atomic mass is 35.5. The molecule has 2 heterocycles. The molecule has 1 atom stereocenters. The van der Waals surface area contributed by atoms with Crippen LogP contribution in [0.15, 0.2) is 23.4 Å². The zero-order valence-corrected chi connectivity index (χ0v) is 16.6. The first-order valence-electron chi connectivity index (χ1n) is 8.78. The van der Waals surface area contributed by atoms with Crippen LogP contribution < -0.4 is 4.74 Å². The maximum atomic E-state index is 12.5. The van der Waals surface area contributed by atoms with Gasteiger partial charge in [-0.05, 0) is 56.9 Å². The molecule has 0 bridgehead atoms. The Morgan fingerprint density at radius 1 is 1.38 bits per heavy atom. The summed E-state index contributed by atoms with van der Waals surface area (Å²) >= 11 is 7.39. The average Bonchev–Trinajstić information content (AvgIpc) is 3.10. The van der Waals surface area contributed by atoms with Gasteiger partial charge in [-0.1, -0.05) is 23.4 Å². The smallest absolute Gasteiger partial charge is 0.235 e. The molecule has 0 radical (unpaired) electrons. The number of hydrogen-bond acceptors (Lipinski definition) is 5. The summed E-state index contributed by atoms with van der Waals surface area (Å²) in [7, 11) is 0. The molecule has 1 aromatic carbocycles. The predicted octanol–water partition coefficient (Wildman–Crippen LogP) is 3.84. The van der Waals surface area contributed by atoms with Crippen LogP contribution in [0.1, 0.15) is 37.6 Å². The maximum absolute atomic E-state index is 12.5. The number of benzene rings is 1. The number of likely N-dealkylation sites (tertiary alicyclic amines) is 1. The van der Waals surface area contributed by atoms with Gasteiger partial charge in [-0.25, -0.2) is 4.98 Å². The van der Waals surface area contributed by atoms with E-state index in [0.717, 1.165) is 37.2 Å². The minimum absolute atomic E-state index is 0.161. The summed E-state index contributed by atoms with van der Waals surface area (Å²) in [6.45, 7) is 5.83. The van der Waals surface area contributed by atoms with Crippen molar-refractivity contribution >= 4 is 29.3 Å². The first-order valence-corrected chi connectivity index (χ1v) is 10.0. The number of thioether (sulfide) groups is 1. The number of rotatable bonds is 6. The van der Waals surface area contributed by atoms with Gasteiger partial charge in [0, 0.05) is 18.1 Å². The van der Waals surface area contributed by atoms with E-state index in [-0.39, 0.29) is 17.8 Å². The van der Waals surface area contributed by atoms with Gasteiger partial charge in [-0.15, -0.1) is 5.10 Å². The number of carbonyl (C=O) groups excluding carboxylic acids is 1. The zero-order chi connectivity index (χ0) is 18.5. The molecule has 1 aliphatic rings. The van der Waals surface area contributed by atoms with Gasteiger partial charge in [0.05, 0.1) is 5.25 Å². The lowest BCUT2D eigenvalue weighted by Gasteiger charge is -2.28. The number of hydrogen-bond donors (Lipinski definition) is 1. The third-order valence-corrected chi connectivity index (χ3v) is 5.69. The van der Waals surface area contributed by atoms with E-state index in [1.54, 1.807) is 0 Å². The number of aromatic nitrogens is 3. The number of H-pyrrole nitrogens is 1. The van der Waals surface area contributed by atoms with Crippen LogP contribution in [0.25, 0.3) is 0 Å². The number of nitrogens with zero attached hydrogens (tertiary/aromatic N) is 3. The molecule has 2 aromatic rings. The van der Waals surface area contributed by atoms with Gasteiger partial charge in [0.2, 0.25) is 11.1 Å². The summed E-state index contributed by atoms with van der Waals surface area (Å²) in [6.07, 6.45) is 3.40. The van der Waals surface area contributed by atoms with E-state index in [2.05, 4.69) is 15.2 Å². The second-order valence-electron chi connectivity index (χ2n) is 6.41. The standard InChI is InChI=1S/C18H23ClN4O2S/c1-12-10-14(6-7-15(12)19)25-11-16-20-18(22-21-16)26-13(2)17(24)23-8-4-3-5-9-23/h6-7,10,13H,3-5,8-9,11H2,1-2H3,(H,20,21,22)/t13-/m1/s1. The summed E-state index contributed by atoms with van der Waals surface area (Å²) in [4.78, 5) is 18.8. The van der Waals surface area contributed by atoms with Crippen LogP contribution in [-0.4, -0.2) is 44.3 Å². The fraction of sp³-hybridized carbons (Fsp3) is 0.500. The van der Waals surface area contributed by atoms with Crippen LogP contribution in [-0.2, 0) is 11.4 Å². The molecule has 0 saturated carbocycles. The first kappa shape index (κ1) is 19.0. The Bertz CT molecular complexity index is 761. The molecule has 1 aliphatic heterocycles. The van der Waals surface area contributed by atoms with E-state index in [9.17, 15) is 4.79 Å². The van der Waals surface area contributed by atoms with Crippen molar-refractivity contribution in [3.05, 3.63) is 34.6 Å².